The first-order chi connectivity index (χ1) is 23.4. The third kappa shape index (κ3) is 18.3. The summed E-state index contributed by atoms with van der Waals surface area (Å²) in [4.78, 5) is 0. The molecule has 2 rings (SSSR count). The lowest BCUT2D eigenvalue weighted by Gasteiger charge is -2.43. The number of hydrogen-bond acceptors (Lipinski definition) is 0. The van der Waals surface area contributed by atoms with Gasteiger partial charge in [-0.05, 0) is 39.5 Å². The molecule has 0 aliphatic heterocycles. The van der Waals surface area contributed by atoms with Crippen molar-refractivity contribution >= 4 is 24.3 Å². The number of rotatable bonds is 28. The summed E-state index contributed by atoms with van der Waals surface area (Å²) in [6.07, 6.45) is 36.5. The van der Waals surface area contributed by atoms with Gasteiger partial charge in [0.15, 0.2) is 0 Å². The topological polar surface area (TPSA) is 0 Å². The average molecular weight is 679 g/mol. The Balaban J connectivity index is 0.000000576. The smallest absolute Gasteiger partial charge is 0.0594 e. The minimum Gasteiger partial charge on any atom is -0.205 e. The molecule has 0 heterocycles. The van der Waals surface area contributed by atoms with Gasteiger partial charge in [0.2, 0.25) is 0 Å². The molecule has 2 aromatic carbocycles. The Hall–Kier alpha value is -1.07. The van der Waals surface area contributed by atoms with E-state index in [1.807, 2.05) is 0 Å². The van der Waals surface area contributed by atoms with E-state index in [2.05, 4.69) is 104 Å². The first-order valence-electron chi connectivity index (χ1n) is 21.5. The molecule has 0 atom stereocenters. The zero-order valence-corrected chi connectivity index (χ0v) is 34.9. The molecule has 0 saturated carbocycles. The van der Waals surface area contributed by atoms with Gasteiger partial charge < -0.3 is 0 Å². The zero-order valence-electron chi connectivity index (χ0n) is 34.0. The Kier molecular flexibility index (Phi) is 26.8. The summed E-state index contributed by atoms with van der Waals surface area (Å²) >= 11 is 0. The highest BCUT2D eigenvalue weighted by molar-refractivity contribution is 7.75. The molecular formula is C46H84BP. The van der Waals surface area contributed by atoms with E-state index in [1.165, 1.54) is 152 Å². The van der Waals surface area contributed by atoms with Crippen molar-refractivity contribution in [3.63, 3.8) is 0 Å². The maximum Gasteiger partial charge on any atom is 0.0594 e. The molecule has 0 aromatic heterocycles. The van der Waals surface area contributed by atoms with Crippen molar-refractivity contribution in [2.45, 2.75) is 196 Å². The van der Waals surface area contributed by atoms with Gasteiger partial charge in [-0.15, -0.1) is 0 Å². The molecule has 48 heavy (non-hydrogen) atoms. The van der Waals surface area contributed by atoms with Crippen LogP contribution < -0.4 is 10.9 Å². The van der Waals surface area contributed by atoms with E-state index >= 15 is 0 Å². The molecule has 0 N–H and O–H groups in total. The predicted octanol–water partition coefficient (Wildman–Crippen LogP) is 14.8. The quantitative estimate of drug-likeness (QED) is 0.0477. The Labute approximate surface area is 304 Å². The van der Waals surface area contributed by atoms with E-state index in [0.717, 1.165) is 0 Å². The van der Waals surface area contributed by atoms with Gasteiger partial charge in [0, 0.05) is 7.26 Å². The summed E-state index contributed by atoms with van der Waals surface area (Å²) < 4.78 is 0. The largest absolute Gasteiger partial charge is 0.205 e. The third-order valence-corrected chi connectivity index (χ3v) is 16.5. The number of unbranched alkanes of at least 4 members (excludes halogenated alkanes) is 14. The second-order valence-electron chi connectivity index (χ2n) is 15.8. The minimum absolute atomic E-state index is 0.562. The van der Waals surface area contributed by atoms with E-state index in [4.69, 9.17) is 0 Å². The fourth-order valence-corrected chi connectivity index (χ4v) is 13.4. The predicted molar refractivity (Wildman–Crippen MR) is 230 cm³/mol. The normalized spacial score (nSPS) is 11.8. The van der Waals surface area contributed by atoms with E-state index in [-0.39, 0.29) is 0 Å². The van der Waals surface area contributed by atoms with Gasteiger partial charge in [-0.2, -0.15) is 12.6 Å². The van der Waals surface area contributed by atoms with Gasteiger partial charge >= 0.3 is 0 Å². The van der Waals surface area contributed by atoms with Gasteiger partial charge in [0.25, 0.3) is 0 Å². The molecule has 0 amide bonds. The van der Waals surface area contributed by atoms with Crippen LogP contribution in [0.25, 0.3) is 0 Å². The second kappa shape index (κ2) is 28.6. The Morgan fingerprint density at radius 2 is 0.625 bits per heavy atom. The molecule has 0 unspecified atom stereocenters. The van der Waals surface area contributed by atoms with E-state index in [9.17, 15) is 0 Å². The summed E-state index contributed by atoms with van der Waals surface area (Å²) in [5.41, 5.74) is 5.93. The molecule has 2 aromatic rings. The van der Waals surface area contributed by atoms with Gasteiger partial charge in [-0.1, -0.05) is 204 Å². The summed E-state index contributed by atoms with van der Waals surface area (Å²) in [7, 11) is -0.562. The van der Waals surface area contributed by atoms with Crippen molar-refractivity contribution in [3.05, 3.63) is 59.7 Å². The highest BCUT2D eigenvalue weighted by Crippen LogP contribution is 2.61. The fraction of sp³-hybridized carbons (Fsp3) is 0.739. The van der Waals surface area contributed by atoms with E-state index < -0.39 is 13.4 Å². The SMILES string of the molecule is CCCCCCCC[B-](CCCCCCCC)(c1ccc(C)cc1)c1ccc(C)cc1.CCCC[P+](CCCC)(CCCC)CCCC. The van der Waals surface area contributed by atoms with Crippen LogP contribution in [0.5, 0.6) is 0 Å². The van der Waals surface area contributed by atoms with E-state index in [1.54, 1.807) is 35.6 Å². The van der Waals surface area contributed by atoms with Gasteiger partial charge in [-0.25, -0.2) is 10.9 Å². The molecule has 0 bridgehead atoms. The molecule has 0 radical (unpaired) electrons. The van der Waals surface area contributed by atoms with Gasteiger partial charge in [0.05, 0.1) is 30.8 Å². The van der Waals surface area contributed by atoms with Crippen molar-refractivity contribution in [3.8, 4) is 0 Å². The number of hydrogen-bond donors (Lipinski definition) is 0. The van der Waals surface area contributed by atoms with Crippen LogP contribution in [0.15, 0.2) is 48.5 Å². The van der Waals surface area contributed by atoms with Crippen LogP contribution in [0.2, 0.25) is 12.6 Å². The summed E-state index contributed by atoms with van der Waals surface area (Å²) in [6.45, 7) is 18.5. The van der Waals surface area contributed by atoms with Crippen LogP contribution >= 0.6 is 7.26 Å². The minimum atomic E-state index is -0.689. The van der Waals surface area contributed by atoms with Crippen LogP contribution in [-0.2, 0) is 0 Å². The molecule has 0 aliphatic rings. The average Bonchev–Trinajstić information content (AvgIpc) is 3.11. The summed E-state index contributed by atoms with van der Waals surface area (Å²) in [5.74, 6) is 0. The molecule has 0 nitrogen and oxygen atoms in total. The van der Waals surface area contributed by atoms with Crippen LogP contribution in [0.4, 0.5) is 0 Å². The third-order valence-electron chi connectivity index (χ3n) is 11.5. The highest BCUT2D eigenvalue weighted by Gasteiger charge is 2.34. The first kappa shape index (κ1) is 45.0. The van der Waals surface area contributed by atoms with Crippen LogP contribution in [0, 0.1) is 13.8 Å². The molecule has 0 saturated heterocycles. The van der Waals surface area contributed by atoms with Crippen molar-refractivity contribution in [2.75, 3.05) is 24.6 Å². The van der Waals surface area contributed by atoms with Crippen LogP contribution in [0.3, 0.4) is 0 Å². The molecular weight excluding hydrogens is 594 g/mol. The maximum atomic E-state index is 2.45. The van der Waals surface area contributed by atoms with E-state index in [0.29, 0.717) is 0 Å². The van der Waals surface area contributed by atoms with Crippen molar-refractivity contribution < 1.29 is 0 Å². The maximum absolute atomic E-state index is 2.45. The van der Waals surface area contributed by atoms with Crippen LogP contribution in [-0.4, -0.2) is 30.8 Å². The standard InChI is InChI=1S/C30H48B.C16H36P/c1-5-7-9-11-13-15-25-31(26-16-14-12-10-8-6-2,29-21-17-27(3)18-22-29)30-23-19-28(4)20-24-30;1-5-9-13-17(14-10-6-2,15-11-7-3)16-12-8-4/h17-24H,5-16,25-26H2,1-4H3;5-16H2,1-4H3/q-1;+1. The van der Waals surface area contributed by atoms with Gasteiger partial charge in [0.1, 0.15) is 0 Å². The highest BCUT2D eigenvalue weighted by atomic mass is 31.2. The van der Waals surface area contributed by atoms with Gasteiger partial charge in [-0.3, -0.25) is 0 Å². The summed E-state index contributed by atoms with van der Waals surface area (Å²) in [6, 6.07) is 19.1. The molecule has 2 heteroatoms. The van der Waals surface area contributed by atoms with Crippen molar-refractivity contribution in [1.82, 2.24) is 0 Å². The Morgan fingerprint density at radius 3 is 0.917 bits per heavy atom. The molecule has 0 aliphatic carbocycles. The lowest BCUT2D eigenvalue weighted by atomic mass is 9.15. The Bertz CT molecular complexity index is 877. The summed E-state index contributed by atoms with van der Waals surface area (Å²) in [5, 5.41) is 0. The Morgan fingerprint density at radius 1 is 0.354 bits per heavy atom. The van der Waals surface area contributed by atoms with Crippen molar-refractivity contribution in [1.29, 1.82) is 0 Å². The monoisotopic (exact) mass is 679 g/mol. The molecule has 0 spiro atoms. The zero-order chi connectivity index (χ0) is 35.4. The lowest BCUT2D eigenvalue weighted by Crippen LogP contribution is -2.58. The number of benzene rings is 2. The molecule has 276 valence electrons. The second-order valence-corrected chi connectivity index (χ2v) is 20.3. The number of aryl methyl sites for hydroxylation is 2. The lowest BCUT2D eigenvalue weighted by molar-refractivity contribution is 0.616. The fourth-order valence-electron chi connectivity index (χ4n) is 8.06. The molecule has 0 fully saturated rings. The van der Waals surface area contributed by atoms with Crippen molar-refractivity contribution in [2.24, 2.45) is 0 Å². The van der Waals surface area contributed by atoms with Crippen LogP contribution in [0.1, 0.15) is 181 Å². The first-order valence-corrected chi connectivity index (χ1v) is 24.1.